The summed E-state index contributed by atoms with van der Waals surface area (Å²) in [6.45, 7) is 1.76. The Kier molecular flexibility index (Phi) is 3.01. The van der Waals surface area contributed by atoms with Crippen molar-refractivity contribution in [1.82, 2.24) is 10.2 Å². The lowest BCUT2D eigenvalue weighted by atomic mass is 10.2. The molecule has 2 aromatic rings. The molecule has 0 bridgehead atoms. The molecular formula is C10H9FN4OS. The van der Waals surface area contributed by atoms with Gasteiger partial charge in [-0.25, -0.2) is 4.39 Å². The number of aryl methyl sites for hydroxylation is 1. The molecule has 0 fully saturated rings. The quantitative estimate of drug-likeness (QED) is 0.799. The number of anilines is 2. The van der Waals surface area contributed by atoms with E-state index in [4.69, 9.17) is 5.73 Å². The molecule has 0 spiro atoms. The Morgan fingerprint density at radius 2 is 2.24 bits per heavy atom. The van der Waals surface area contributed by atoms with E-state index >= 15 is 0 Å². The summed E-state index contributed by atoms with van der Waals surface area (Å²) in [5.41, 5.74) is 5.58. The SMILES string of the molecule is Cc1nnc(NC(=O)c2ccc(N)cc2F)s1. The third-order valence-electron chi connectivity index (χ3n) is 1.98. The molecule has 0 unspecified atom stereocenters. The van der Waals surface area contributed by atoms with Crippen molar-refractivity contribution in [3.8, 4) is 0 Å². The van der Waals surface area contributed by atoms with Crippen LogP contribution in [0.2, 0.25) is 0 Å². The monoisotopic (exact) mass is 252 g/mol. The number of hydrogen-bond donors (Lipinski definition) is 2. The average Bonchev–Trinajstić information content (AvgIpc) is 2.63. The number of hydrogen-bond acceptors (Lipinski definition) is 5. The summed E-state index contributed by atoms with van der Waals surface area (Å²) in [6, 6.07) is 3.89. The van der Waals surface area contributed by atoms with Crippen molar-refractivity contribution in [2.45, 2.75) is 6.92 Å². The first-order valence-corrected chi connectivity index (χ1v) is 5.54. The van der Waals surface area contributed by atoms with Crippen molar-refractivity contribution in [2.75, 3.05) is 11.1 Å². The van der Waals surface area contributed by atoms with Crippen molar-refractivity contribution < 1.29 is 9.18 Å². The number of aromatic nitrogens is 2. The highest BCUT2D eigenvalue weighted by Gasteiger charge is 2.13. The van der Waals surface area contributed by atoms with Gasteiger partial charge in [0.15, 0.2) is 0 Å². The van der Waals surface area contributed by atoms with Gasteiger partial charge in [-0.1, -0.05) is 11.3 Å². The first kappa shape index (κ1) is 11.5. The molecule has 88 valence electrons. The standard InChI is InChI=1S/C10H9FN4OS/c1-5-14-15-10(17-5)13-9(16)7-3-2-6(12)4-8(7)11/h2-4H,12H2,1H3,(H,13,15,16). The van der Waals surface area contributed by atoms with Crippen LogP contribution >= 0.6 is 11.3 Å². The van der Waals surface area contributed by atoms with Gasteiger partial charge in [0.1, 0.15) is 10.8 Å². The third kappa shape index (κ3) is 2.56. The fraction of sp³-hybridized carbons (Fsp3) is 0.100. The molecular weight excluding hydrogens is 243 g/mol. The minimum absolute atomic E-state index is 0.0768. The molecule has 1 heterocycles. The van der Waals surface area contributed by atoms with Gasteiger partial charge in [0, 0.05) is 5.69 Å². The molecule has 3 N–H and O–H groups in total. The zero-order valence-electron chi connectivity index (χ0n) is 8.90. The molecule has 0 saturated carbocycles. The van der Waals surface area contributed by atoms with Gasteiger partial charge >= 0.3 is 0 Å². The summed E-state index contributed by atoms with van der Waals surface area (Å²) in [4.78, 5) is 11.7. The Balaban J connectivity index is 2.20. The van der Waals surface area contributed by atoms with Gasteiger partial charge < -0.3 is 5.73 Å². The molecule has 0 aliphatic heterocycles. The average molecular weight is 252 g/mol. The number of nitrogen functional groups attached to an aromatic ring is 1. The second-order valence-corrected chi connectivity index (χ2v) is 4.50. The number of carbonyl (C=O) groups excluding carboxylic acids is 1. The van der Waals surface area contributed by atoms with Crippen LogP contribution in [0.3, 0.4) is 0 Å². The van der Waals surface area contributed by atoms with Gasteiger partial charge in [0.2, 0.25) is 5.13 Å². The van der Waals surface area contributed by atoms with Gasteiger partial charge in [0.25, 0.3) is 5.91 Å². The van der Waals surface area contributed by atoms with E-state index in [0.29, 0.717) is 5.13 Å². The van der Waals surface area contributed by atoms with Crippen LogP contribution in [-0.2, 0) is 0 Å². The highest BCUT2D eigenvalue weighted by atomic mass is 32.1. The number of nitrogens with one attached hydrogen (secondary N) is 1. The van der Waals surface area contributed by atoms with Crippen molar-refractivity contribution >= 4 is 28.1 Å². The van der Waals surface area contributed by atoms with Crippen molar-refractivity contribution in [3.05, 3.63) is 34.6 Å². The zero-order valence-corrected chi connectivity index (χ0v) is 9.71. The van der Waals surface area contributed by atoms with Gasteiger partial charge in [-0.2, -0.15) is 0 Å². The second-order valence-electron chi connectivity index (χ2n) is 3.32. The summed E-state index contributed by atoms with van der Waals surface area (Å²) in [6.07, 6.45) is 0. The van der Waals surface area contributed by atoms with E-state index in [1.54, 1.807) is 6.92 Å². The molecule has 7 heteroatoms. The van der Waals surface area contributed by atoms with E-state index in [-0.39, 0.29) is 11.3 Å². The Morgan fingerprint density at radius 3 is 2.82 bits per heavy atom. The predicted octanol–water partition coefficient (Wildman–Crippen LogP) is 1.82. The summed E-state index contributed by atoms with van der Waals surface area (Å²) >= 11 is 1.22. The third-order valence-corrected chi connectivity index (χ3v) is 2.74. The number of rotatable bonds is 2. The molecule has 5 nitrogen and oxygen atoms in total. The fourth-order valence-electron chi connectivity index (χ4n) is 1.23. The molecule has 0 radical (unpaired) electrons. The smallest absolute Gasteiger partial charge is 0.260 e. The van der Waals surface area contributed by atoms with Crippen LogP contribution in [0, 0.1) is 12.7 Å². The number of nitrogens with two attached hydrogens (primary N) is 1. The van der Waals surface area contributed by atoms with Crippen LogP contribution in [-0.4, -0.2) is 16.1 Å². The van der Waals surface area contributed by atoms with E-state index in [9.17, 15) is 9.18 Å². The number of halogens is 1. The number of benzene rings is 1. The first-order chi connectivity index (χ1) is 8.06. The molecule has 0 aliphatic carbocycles. The summed E-state index contributed by atoms with van der Waals surface area (Å²) in [5.74, 6) is -1.23. The van der Waals surface area contributed by atoms with E-state index < -0.39 is 11.7 Å². The maximum absolute atomic E-state index is 13.4. The van der Waals surface area contributed by atoms with Crippen LogP contribution < -0.4 is 11.1 Å². The van der Waals surface area contributed by atoms with Gasteiger partial charge in [-0.15, -0.1) is 10.2 Å². The van der Waals surface area contributed by atoms with Crippen LogP contribution in [0.15, 0.2) is 18.2 Å². The molecule has 0 atom stereocenters. The van der Waals surface area contributed by atoms with E-state index in [2.05, 4.69) is 15.5 Å². The predicted molar refractivity (Wildman–Crippen MR) is 63.4 cm³/mol. The van der Waals surface area contributed by atoms with Crippen LogP contribution in [0.5, 0.6) is 0 Å². The summed E-state index contributed by atoms with van der Waals surface area (Å²) in [7, 11) is 0. The van der Waals surface area contributed by atoms with Gasteiger partial charge in [-0.05, 0) is 25.1 Å². The molecule has 17 heavy (non-hydrogen) atoms. The van der Waals surface area contributed by atoms with Crippen molar-refractivity contribution in [1.29, 1.82) is 0 Å². The van der Waals surface area contributed by atoms with Crippen LogP contribution in [0.1, 0.15) is 15.4 Å². The van der Waals surface area contributed by atoms with Crippen LogP contribution in [0.25, 0.3) is 0 Å². The minimum Gasteiger partial charge on any atom is -0.399 e. The Labute approximate surface area is 100 Å². The van der Waals surface area contributed by atoms with Crippen molar-refractivity contribution in [3.63, 3.8) is 0 Å². The summed E-state index contributed by atoms with van der Waals surface area (Å²) in [5, 5.41) is 11.0. The lowest BCUT2D eigenvalue weighted by Crippen LogP contribution is -2.13. The highest BCUT2D eigenvalue weighted by Crippen LogP contribution is 2.17. The lowest BCUT2D eigenvalue weighted by Gasteiger charge is -2.03. The number of carbonyl (C=O) groups is 1. The Hall–Kier alpha value is -2.02. The Morgan fingerprint density at radius 1 is 1.47 bits per heavy atom. The molecule has 0 saturated heterocycles. The maximum atomic E-state index is 13.4. The molecule has 2 rings (SSSR count). The molecule has 1 aromatic heterocycles. The zero-order chi connectivity index (χ0) is 12.4. The van der Waals surface area contributed by atoms with Gasteiger partial charge in [-0.3, -0.25) is 10.1 Å². The first-order valence-electron chi connectivity index (χ1n) is 4.73. The highest BCUT2D eigenvalue weighted by molar-refractivity contribution is 7.15. The van der Waals surface area contributed by atoms with E-state index in [1.165, 1.54) is 23.5 Å². The largest absolute Gasteiger partial charge is 0.399 e. The second kappa shape index (κ2) is 4.46. The fourth-order valence-corrected chi connectivity index (χ4v) is 1.81. The minimum atomic E-state index is -0.663. The number of nitrogens with zero attached hydrogens (tertiary/aromatic N) is 2. The van der Waals surface area contributed by atoms with Crippen molar-refractivity contribution in [2.24, 2.45) is 0 Å². The van der Waals surface area contributed by atoms with Gasteiger partial charge in [0.05, 0.1) is 5.56 Å². The molecule has 1 aromatic carbocycles. The summed E-state index contributed by atoms with van der Waals surface area (Å²) < 4.78 is 13.4. The van der Waals surface area contributed by atoms with Crippen LogP contribution in [0.4, 0.5) is 15.2 Å². The molecule has 0 aliphatic rings. The number of amides is 1. The molecule has 1 amide bonds. The lowest BCUT2D eigenvalue weighted by molar-refractivity contribution is 0.102. The normalized spacial score (nSPS) is 10.2. The van der Waals surface area contributed by atoms with E-state index in [1.807, 2.05) is 0 Å². The van der Waals surface area contributed by atoms with E-state index in [0.717, 1.165) is 11.1 Å². The topological polar surface area (TPSA) is 80.9 Å². The Bertz CT molecular complexity index is 569. The maximum Gasteiger partial charge on any atom is 0.260 e.